The van der Waals surface area contributed by atoms with Gasteiger partial charge in [0.25, 0.3) is 5.91 Å². The van der Waals surface area contributed by atoms with E-state index in [4.69, 9.17) is 0 Å². The Labute approximate surface area is 99.8 Å². The minimum Gasteiger partial charge on any atom is -0.335 e. The zero-order valence-electron chi connectivity index (χ0n) is 9.69. The fourth-order valence-electron chi connectivity index (χ4n) is 1.35. The molecule has 0 N–H and O–H groups in total. The van der Waals surface area contributed by atoms with Crippen LogP contribution < -0.4 is 0 Å². The highest BCUT2D eigenvalue weighted by molar-refractivity contribution is 7.98. The first kappa shape index (κ1) is 12.8. The van der Waals surface area contributed by atoms with Crippen LogP contribution in [0.1, 0.15) is 12.5 Å². The minimum absolute atomic E-state index is 0.428. The van der Waals surface area contributed by atoms with Crippen LogP contribution in [0.15, 0.2) is 29.2 Å². The third kappa shape index (κ3) is 3.38. The topological polar surface area (TPSA) is 37.4 Å². The van der Waals surface area contributed by atoms with Crippen molar-refractivity contribution in [3.05, 3.63) is 29.8 Å². The average Bonchev–Trinajstić information content (AvgIpc) is 2.28. The van der Waals surface area contributed by atoms with E-state index in [9.17, 15) is 9.59 Å². The van der Waals surface area contributed by atoms with Crippen LogP contribution in [0.4, 0.5) is 0 Å². The molecule has 0 fully saturated rings. The van der Waals surface area contributed by atoms with Crippen molar-refractivity contribution in [3.63, 3.8) is 0 Å². The fourth-order valence-corrected chi connectivity index (χ4v) is 1.75. The summed E-state index contributed by atoms with van der Waals surface area (Å²) in [4.78, 5) is 24.8. The van der Waals surface area contributed by atoms with Crippen molar-refractivity contribution >= 4 is 23.5 Å². The first-order valence-electron chi connectivity index (χ1n) is 4.93. The molecule has 0 aromatic heterocycles. The lowest BCUT2D eigenvalue weighted by Crippen LogP contribution is -2.31. The molecule has 0 bridgehead atoms. The van der Waals surface area contributed by atoms with Crippen molar-refractivity contribution in [1.29, 1.82) is 0 Å². The van der Waals surface area contributed by atoms with Crippen LogP contribution in [0.2, 0.25) is 0 Å². The first-order valence-corrected chi connectivity index (χ1v) is 6.16. The smallest absolute Gasteiger partial charge is 0.289 e. The molecule has 0 aliphatic carbocycles. The summed E-state index contributed by atoms with van der Waals surface area (Å²) in [5.41, 5.74) is 1.02. The summed E-state index contributed by atoms with van der Waals surface area (Å²) in [7, 11) is 1.63. The summed E-state index contributed by atoms with van der Waals surface area (Å²) < 4.78 is 0. The SMILES string of the molecule is CSc1ccc(CN(C)C(=O)C(C)=O)cc1. The van der Waals surface area contributed by atoms with Crippen molar-refractivity contribution < 1.29 is 9.59 Å². The monoisotopic (exact) mass is 237 g/mol. The third-order valence-electron chi connectivity index (χ3n) is 2.23. The number of nitrogens with zero attached hydrogens (tertiary/aromatic N) is 1. The van der Waals surface area contributed by atoms with Crippen molar-refractivity contribution in [2.24, 2.45) is 0 Å². The van der Waals surface area contributed by atoms with E-state index in [1.165, 1.54) is 16.7 Å². The van der Waals surface area contributed by atoms with Crippen LogP contribution in [0.5, 0.6) is 0 Å². The van der Waals surface area contributed by atoms with Gasteiger partial charge in [-0.3, -0.25) is 9.59 Å². The van der Waals surface area contributed by atoms with Crippen molar-refractivity contribution in [1.82, 2.24) is 4.90 Å². The number of hydrogen-bond donors (Lipinski definition) is 0. The number of carbonyl (C=O) groups excluding carboxylic acids is 2. The van der Waals surface area contributed by atoms with Gasteiger partial charge in [-0.2, -0.15) is 0 Å². The van der Waals surface area contributed by atoms with Gasteiger partial charge in [0.2, 0.25) is 5.78 Å². The first-order chi connectivity index (χ1) is 7.54. The average molecular weight is 237 g/mol. The number of likely N-dealkylation sites (N-methyl/N-ethyl adjacent to an activating group) is 1. The molecule has 0 saturated heterocycles. The lowest BCUT2D eigenvalue weighted by atomic mass is 10.2. The Morgan fingerprint density at radius 2 is 1.81 bits per heavy atom. The van der Waals surface area contributed by atoms with Gasteiger partial charge in [-0.15, -0.1) is 11.8 Å². The van der Waals surface area contributed by atoms with Crippen LogP contribution >= 0.6 is 11.8 Å². The molecule has 86 valence electrons. The predicted octanol–water partition coefficient (Wildman–Crippen LogP) is 1.96. The molecule has 1 rings (SSSR count). The summed E-state index contributed by atoms with van der Waals surface area (Å²) in [5, 5.41) is 0. The molecule has 3 nitrogen and oxygen atoms in total. The molecule has 0 spiro atoms. The maximum Gasteiger partial charge on any atom is 0.289 e. The number of ketones is 1. The van der Waals surface area contributed by atoms with E-state index in [-0.39, 0.29) is 0 Å². The molecule has 16 heavy (non-hydrogen) atoms. The Hall–Kier alpha value is -1.29. The van der Waals surface area contributed by atoms with Crippen LogP contribution in [0.3, 0.4) is 0 Å². The van der Waals surface area contributed by atoms with Crippen LogP contribution in [-0.4, -0.2) is 29.9 Å². The second kappa shape index (κ2) is 5.70. The van der Waals surface area contributed by atoms with Gasteiger partial charge in [0.1, 0.15) is 0 Å². The van der Waals surface area contributed by atoms with Gasteiger partial charge in [-0.25, -0.2) is 0 Å². The van der Waals surface area contributed by atoms with Gasteiger partial charge in [0.05, 0.1) is 0 Å². The Bertz CT molecular complexity index is 387. The Balaban J connectivity index is 2.66. The van der Waals surface area contributed by atoms with E-state index in [1.807, 2.05) is 30.5 Å². The molecule has 0 heterocycles. The van der Waals surface area contributed by atoms with Crippen molar-refractivity contribution in [2.45, 2.75) is 18.4 Å². The van der Waals surface area contributed by atoms with Gasteiger partial charge in [-0.1, -0.05) is 12.1 Å². The number of amides is 1. The van der Waals surface area contributed by atoms with Gasteiger partial charge >= 0.3 is 0 Å². The minimum atomic E-state index is -0.450. The molecular weight excluding hydrogens is 222 g/mol. The highest BCUT2D eigenvalue weighted by atomic mass is 32.2. The van der Waals surface area contributed by atoms with E-state index >= 15 is 0 Å². The quantitative estimate of drug-likeness (QED) is 0.593. The highest BCUT2D eigenvalue weighted by Gasteiger charge is 2.13. The van der Waals surface area contributed by atoms with Crippen LogP contribution in [-0.2, 0) is 16.1 Å². The summed E-state index contributed by atoms with van der Waals surface area (Å²) in [6.45, 7) is 1.75. The lowest BCUT2D eigenvalue weighted by Gasteiger charge is -2.15. The van der Waals surface area contributed by atoms with Crippen LogP contribution in [0, 0.1) is 0 Å². The molecular formula is C12H15NO2S. The zero-order valence-corrected chi connectivity index (χ0v) is 10.5. The van der Waals surface area contributed by atoms with Gasteiger partial charge in [0, 0.05) is 25.4 Å². The third-order valence-corrected chi connectivity index (χ3v) is 2.97. The fraction of sp³-hybridized carbons (Fsp3) is 0.333. The van der Waals surface area contributed by atoms with E-state index in [1.54, 1.807) is 18.8 Å². The van der Waals surface area contributed by atoms with Crippen molar-refractivity contribution in [3.8, 4) is 0 Å². The maximum atomic E-state index is 11.3. The zero-order chi connectivity index (χ0) is 12.1. The van der Waals surface area contributed by atoms with Gasteiger partial charge < -0.3 is 4.90 Å². The molecule has 0 aliphatic rings. The largest absolute Gasteiger partial charge is 0.335 e. The van der Waals surface area contributed by atoms with Crippen molar-refractivity contribution in [2.75, 3.05) is 13.3 Å². The van der Waals surface area contributed by atoms with Crippen LogP contribution in [0.25, 0.3) is 0 Å². The maximum absolute atomic E-state index is 11.3. The molecule has 0 aliphatic heterocycles. The molecule has 1 aromatic rings. The molecule has 1 aromatic carbocycles. The predicted molar refractivity (Wildman–Crippen MR) is 65.4 cm³/mol. The number of rotatable bonds is 4. The molecule has 0 atom stereocenters. The van der Waals surface area contributed by atoms with Gasteiger partial charge in [0.15, 0.2) is 0 Å². The summed E-state index contributed by atoms with van der Waals surface area (Å²) >= 11 is 1.67. The standard InChI is InChI=1S/C12H15NO2S/c1-9(14)12(15)13(2)8-10-4-6-11(16-3)7-5-10/h4-7H,8H2,1-3H3. The highest BCUT2D eigenvalue weighted by Crippen LogP contribution is 2.15. The number of Topliss-reactive ketones (excluding diaryl/α,β-unsaturated/α-hetero) is 1. The number of hydrogen-bond acceptors (Lipinski definition) is 3. The van der Waals surface area contributed by atoms with E-state index < -0.39 is 11.7 Å². The Morgan fingerprint density at radius 1 is 1.25 bits per heavy atom. The second-order valence-corrected chi connectivity index (χ2v) is 4.45. The van der Waals surface area contributed by atoms with E-state index in [0.717, 1.165) is 5.56 Å². The molecule has 4 heteroatoms. The normalized spacial score (nSPS) is 9.94. The number of thioether (sulfide) groups is 1. The summed E-state index contributed by atoms with van der Waals surface area (Å²) in [6, 6.07) is 7.95. The summed E-state index contributed by atoms with van der Waals surface area (Å²) in [6.07, 6.45) is 2.01. The second-order valence-electron chi connectivity index (χ2n) is 3.57. The van der Waals surface area contributed by atoms with Gasteiger partial charge in [-0.05, 0) is 24.0 Å². The lowest BCUT2D eigenvalue weighted by molar-refractivity contribution is -0.143. The number of carbonyl (C=O) groups is 2. The Morgan fingerprint density at radius 3 is 2.25 bits per heavy atom. The Kier molecular flexibility index (Phi) is 4.55. The summed E-state index contributed by atoms with van der Waals surface area (Å²) in [5.74, 6) is -0.878. The molecule has 0 saturated carbocycles. The molecule has 0 radical (unpaired) electrons. The van der Waals surface area contributed by atoms with E-state index in [0.29, 0.717) is 6.54 Å². The number of benzene rings is 1. The molecule has 1 amide bonds. The molecule has 0 unspecified atom stereocenters. The van der Waals surface area contributed by atoms with E-state index in [2.05, 4.69) is 0 Å².